The zero-order chi connectivity index (χ0) is 8.55. The lowest BCUT2D eigenvalue weighted by Crippen LogP contribution is -2.43. The normalized spacial score (nSPS) is 40.1. The molecule has 2 aliphatic heterocycles. The second-order valence-corrected chi connectivity index (χ2v) is 2.75. The molecule has 5 heteroatoms. The van der Waals surface area contributed by atoms with Gasteiger partial charge in [0.1, 0.15) is 6.10 Å². The van der Waals surface area contributed by atoms with E-state index in [1.807, 2.05) is 0 Å². The topological polar surface area (TPSA) is 54.0 Å². The Balaban J connectivity index is 2.07. The van der Waals surface area contributed by atoms with Crippen LogP contribution in [0.2, 0.25) is 0 Å². The molecule has 2 saturated heterocycles. The van der Waals surface area contributed by atoms with Crippen LogP contribution in [0.15, 0.2) is 0 Å². The lowest BCUT2D eigenvalue weighted by Gasteiger charge is -2.28. The maximum atomic E-state index is 10.7. The van der Waals surface area contributed by atoms with Crippen LogP contribution >= 0.6 is 0 Å². The van der Waals surface area contributed by atoms with E-state index in [-0.39, 0.29) is 6.10 Å². The minimum Gasteiger partial charge on any atom is -0.427 e. The van der Waals surface area contributed by atoms with Crippen LogP contribution in [0.4, 0.5) is 4.79 Å². The van der Waals surface area contributed by atoms with Gasteiger partial charge in [-0.05, 0) is 0 Å². The van der Waals surface area contributed by atoms with E-state index >= 15 is 0 Å². The molecule has 5 nitrogen and oxygen atoms in total. The van der Waals surface area contributed by atoms with E-state index in [0.717, 1.165) is 0 Å². The molecule has 0 unspecified atom stereocenters. The molecule has 0 spiro atoms. The average Bonchev–Trinajstić information content (AvgIpc) is 2.44. The summed E-state index contributed by atoms with van der Waals surface area (Å²) in [6, 6.07) is 0. The molecule has 2 aliphatic rings. The van der Waals surface area contributed by atoms with Crippen LogP contribution in [-0.2, 0) is 18.9 Å². The highest BCUT2D eigenvalue weighted by atomic mass is 16.8. The number of fused-ring (bicyclic) bond motifs is 1. The maximum Gasteiger partial charge on any atom is 0.509 e. The Labute approximate surface area is 69.5 Å². The summed E-state index contributed by atoms with van der Waals surface area (Å²) in [5.41, 5.74) is 0. The first-order valence-electron chi connectivity index (χ1n) is 3.83. The SMILES string of the molecule is CO[C@@H]1OCC[C@@H]2OC(=O)O[C@H]12. The smallest absolute Gasteiger partial charge is 0.427 e. The molecule has 0 aromatic heterocycles. The van der Waals surface area contributed by atoms with E-state index in [0.29, 0.717) is 13.0 Å². The Kier molecular flexibility index (Phi) is 1.90. The highest BCUT2D eigenvalue weighted by Crippen LogP contribution is 2.26. The summed E-state index contributed by atoms with van der Waals surface area (Å²) in [6.45, 7) is 0.538. The minimum absolute atomic E-state index is 0.198. The van der Waals surface area contributed by atoms with Gasteiger partial charge in [-0.1, -0.05) is 0 Å². The van der Waals surface area contributed by atoms with Crippen LogP contribution in [-0.4, -0.2) is 38.4 Å². The first-order chi connectivity index (χ1) is 5.81. The Morgan fingerprint density at radius 3 is 3.08 bits per heavy atom. The highest BCUT2D eigenvalue weighted by molar-refractivity contribution is 5.62. The van der Waals surface area contributed by atoms with Gasteiger partial charge >= 0.3 is 6.16 Å². The summed E-state index contributed by atoms with van der Waals surface area (Å²) in [7, 11) is 1.51. The zero-order valence-electron chi connectivity index (χ0n) is 6.69. The minimum atomic E-state index is -0.627. The van der Waals surface area contributed by atoms with E-state index < -0.39 is 18.5 Å². The lowest BCUT2D eigenvalue weighted by atomic mass is 10.1. The van der Waals surface area contributed by atoms with E-state index in [2.05, 4.69) is 0 Å². The monoisotopic (exact) mass is 174 g/mol. The fourth-order valence-corrected chi connectivity index (χ4v) is 1.46. The standard InChI is InChI=1S/C7H10O5/c1-9-6-5-4(2-3-10-6)11-7(8)12-5/h4-6H,2-3H2,1H3/t4-,5-,6+/m0/s1. The molecule has 0 radical (unpaired) electrons. The van der Waals surface area contributed by atoms with Gasteiger partial charge < -0.3 is 18.9 Å². The molecule has 0 amide bonds. The zero-order valence-corrected chi connectivity index (χ0v) is 6.69. The summed E-state index contributed by atoms with van der Waals surface area (Å²) < 4.78 is 19.9. The van der Waals surface area contributed by atoms with Crippen molar-refractivity contribution in [3.8, 4) is 0 Å². The van der Waals surface area contributed by atoms with Crippen molar-refractivity contribution < 1.29 is 23.7 Å². The number of carbonyl (C=O) groups is 1. The summed E-state index contributed by atoms with van der Waals surface area (Å²) in [4.78, 5) is 10.7. The van der Waals surface area contributed by atoms with Gasteiger partial charge in [0.15, 0.2) is 12.4 Å². The van der Waals surface area contributed by atoms with Crippen LogP contribution < -0.4 is 0 Å². The summed E-state index contributed by atoms with van der Waals surface area (Å²) in [6.07, 6.45) is -1.02. The van der Waals surface area contributed by atoms with Crippen LogP contribution in [0.25, 0.3) is 0 Å². The third-order valence-corrected chi connectivity index (χ3v) is 2.03. The number of hydrogen-bond acceptors (Lipinski definition) is 5. The third kappa shape index (κ3) is 1.15. The molecule has 0 N–H and O–H groups in total. The van der Waals surface area contributed by atoms with E-state index in [1.54, 1.807) is 0 Å². The fraction of sp³-hybridized carbons (Fsp3) is 0.857. The third-order valence-electron chi connectivity index (χ3n) is 2.03. The van der Waals surface area contributed by atoms with E-state index in [9.17, 15) is 4.79 Å². The van der Waals surface area contributed by atoms with Crippen molar-refractivity contribution >= 4 is 6.16 Å². The molecule has 2 heterocycles. The number of ether oxygens (including phenoxy) is 4. The first-order valence-corrected chi connectivity index (χ1v) is 3.83. The number of hydrogen-bond donors (Lipinski definition) is 0. The van der Waals surface area contributed by atoms with Crippen molar-refractivity contribution in [2.24, 2.45) is 0 Å². The molecule has 68 valence electrons. The second kappa shape index (κ2) is 2.91. The molecule has 0 aromatic rings. The Hall–Kier alpha value is -0.810. The van der Waals surface area contributed by atoms with Crippen LogP contribution in [0, 0.1) is 0 Å². The quantitative estimate of drug-likeness (QED) is 0.534. The molecule has 0 aromatic carbocycles. The lowest BCUT2D eigenvalue weighted by molar-refractivity contribution is -0.204. The summed E-state index contributed by atoms with van der Waals surface area (Å²) in [5.74, 6) is 0. The molecule has 0 saturated carbocycles. The van der Waals surface area contributed by atoms with Crippen LogP contribution in [0.5, 0.6) is 0 Å². The van der Waals surface area contributed by atoms with Gasteiger partial charge in [0.25, 0.3) is 0 Å². The van der Waals surface area contributed by atoms with Gasteiger partial charge in [0, 0.05) is 13.5 Å². The maximum absolute atomic E-state index is 10.7. The first kappa shape index (κ1) is 7.82. The second-order valence-electron chi connectivity index (χ2n) is 2.75. The van der Waals surface area contributed by atoms with Crippen molar-refractivity contribution in [2.75, 3.05) is 13.7 Å². The molecule has 0 bridgehead atoms. The Morgan fingerprint density at radius 1 is 1.50 bits per heavy atom. The van der Waals surface area contributed by atoms with Crippen LogP contribution in [0.1, 0.15) is 6.42 Å². The van der Waals surface area contributed by atoms with Gasteiger partial charge in [0.2, 0.25) is 0 Å². The van der Waals surface area contributed by atoms with Crippen molar-refractivity contribution in [3.63, 3.8) is 0 Å². The van der Waals surface area contributed by atoms with Crippen molar-refractivity contribution in [1.82, 2.24) is 0 Å². The predicted molar refractivity (Wildman–Crippen MR) is 36.5 cm³/mol. The number of carbonyl (C=O) groups excluding carboxylic acids is 1. The number of methoxy groups -OCH3 is 1. The van der Waals surface area contributed by atoms with Crippen LogP contribution in [0.3, 0.4) is 0 Å². The van der Waals surface area contributed by atoms with Crippen molar-refractivity contribution in [1.29, 1.82) is 0 Å². The van der Waals surface area contributed by atoms with Crippen molar-refractivity contribution in [2.45, 2.75) is 24.9 Å². The van der Waals surface area contributed by atoms with E-state index in [4.69, 9.17) is 18.9 Å². The van der Waals surface area contributed by atoms with E-state index in [1.165, 1.54) is 7.11 Å². The number of rotatable bonds is 1. The molecule has 3 atom stereocenters. The highest BCUT2D eigenvalue weighted by Gasteiger charge is 2.45. The van der Waals surface area contributed by atoms with Crippen molar-refractivity contribution in [3.05, 3.63) is 0 Å². The van der Waals surface area contributed by atoms with Gasteiger partial charge in [-0.15, -0.1) is 0 Å². The molecular formula is C7H10O5. The van der Waals surface area contributed by atoms with Gasteiger partial charge in [-0.25, -0.2) is 4.79 Å². The van der Waals surface area contributed by atoms with Gasteiger partial charge in [-0.3, -0.25) is 0 Å². The molecule has 0 aliphatic carbocycles. The molecule has 2 rings (SSSR count). The Morgan fingerprint density at radius 2 is 2.33 bits per heavy atom. The predicted octanol–water partition coefficient (Wildman–Crippen LogP) is 0.283. The van der Waals surface area contributed by atoms with Gasteiger partial charge in [0.05, 0.1) is 6.61 Å². The summed E-state index contributed by atoms with van der Waals surface area (Å²) in [5, 5.41) is 0. The average molecular weight is 174 g/mol. The fourth-order valence-electron chi connectivity index (χ4n) is 1.46. The molecule has 2 fully saturated rings. The summed E-state index contributed by atoms with van der Waals surface area (Å²) >= 11 is 0. The van der Waals surface area contributed by atoms with Gasteiger partial charge in [-0.2, -0.15) is 0 Å². The Bertz CT molecular complexity index is 192. The molecule has 12 heavy (non-hydrogen) atoms. The molecular weight excluding hydrogens is 164 g/mol. The largest absolute Gasteiger partial charge is 0.509 e.